The summed E-state index contributed by atoms with van der Waals surface area (Å²) >= 11 is 0. The van der Waals surface area contributed by atoms with E-state index in [1.165, 1.54) is 19.2 Å². The van der Waals surface area contributed by atoms with E-state index in [0.29, 0.717) is 11.6 Å². The van der Waals surface area contributed by atoms with Gasteiger partial charge >= 0.3 is 0 Å². The summed E-state index contributed by atoms with van der Waals surface area (Å²) in [7, 11) is 1.61. The van der Waals surface area contributed by atoms with Crippen LogP contribution >= 0.6 is 0 Å². The predicted octanol–water partition coefficient (Wildman–Crippen LogP) is 1.58. The lowest BCUT2D eigenvalue weighted by Crippen LogP contribution is -2.04. The van der Waals surface area contributed by atoms with E-state index in [4.69, 9.17) is 9.47 Å². The van der Waals surface area contributed by atoms with E-state index >= 15 is 0 Å². The maximum Gasteiger partial charge on any atom is 0.260 e. The highest BCUT2D eigenvalue weighted by atomic mass is 16.5. The Labute approximate surface area is 83.3 Å². The van der Waals surface area contributed by atoms with Gasteiger partial charge in [0.1, 0.15) is 6.33 Å². The van der Waals surface area contributed by atoms with E-state index in [2.05, 4.69) is 9.97 Å². The van der Waals surface area contributed by atoms with E-state index in [-0.39, 0.29) is 0 Å². The van der Waals surface area contributed by atoms with Crippen molar-refractivity contribution in [3.8, 4) is 11.6 Å². The van der Waals surface area contributed by atoms with Crippen molar-refractivity contribution in [3.05, 3.63) is 12.0 Å². The van der Waals surface area contributed by atoms with Gasteiger partial charge in [-0.3, -0.25) is 0 Å². The van der Waals surface area contributed by atoms with Crippen molar-refractivity contribution in [1.82, 2.24) is 9.97 Å². The third-order valence-electron chi connectivity index (χ3n) is 2.31. The van der Waals surface area contributed by atoms with Crippen molar-refractivity contribution >= 4 is 0 Å². The molecule has 0 atom stereocenters. The van der Waals surface area contributed by atoms with Crippen molar-refractivity contribution in [1.29, 1.82) is 0 Å². The molecule has 76 valence electrons. The monoisotopic (exact) mass is 194 g/mol. The molecule has 0 spiro atoms. The zero-order valence-corrected chi connectivity index (χ0v) is 8.49. The molecule has 1 aromatic rings. The van der Waals surface area contributed by atoms with Gasteiger partial charge < -0.3 is 9.47 Å². The molecule has 0 unspecified atom stereocenters. The summed E-state index contributed by atoms with van der Waals surface area (Å²) in [5, 5.41) is 0. The lowest BCUT2D eigenvalue weighted by molar-refractivity contribution is 0.267. The van der Waals surface area contributed by atoms with Crippen LogP contribution in [0.15, 0.2) is 6.33 Å². The molecule has 1 heterocycles. The van der Waals surface area contributed by atoms with Crippen molar-refractivity contribution in [2.75, 3.05) is 13.7 Å². The molecule has 14 heavy (non-hydrogen) atoms. The van der Waals surface area contributed by atoms with Crippen LogP contribution in [0.2, 0.25) is 0 Å². The number of aromatic nitrogens is 2. The molecule has 0 radical (unpaired) electrons. The predicted molar refractivity (Wildman–Crippen MR) is 51.5 cm³/mol. The summed E-state index contributed by atoms with van der Waals surface area (Å²) in [5.74, 6) is 1.93. The Balaban J connectivity index is 2.09. The fourth-order valence-corrected chi connectivity index (χ4v) is 1.26. The number of hydrogen-bond donors (Lipinski definition) is 0. The third kappa shape index (κ3) is 1.95. The van der Waals surface area contributed by atoms with Gasteiger partial charge in [-0.2, -0.15) is 4.98 Å². The fourth-order valence-electron chi connectivity index (χ4n) is 1.26. The summed E-state index contributed by atoms with van der Waals surface area (Å²) in [5.41, 5.74) is 0.813. The van der Waals surface area contributed by atoms with Crippen molar-refractivity contribution in [3.63, 3.8) is 0 Å². The number of hydrogen-bond acceptors (Lipinski definition) is 4. The fraction of sp³-hybridized carbons (Fsp3) is 0.600. The zero-order chi connectivity index (χ0) is 9.97. The van der Waals surface area contributed by atoms with Gasteiger partial charge in [-0.15, -0.1) is 0 Å². The molecular weight excluding hydrogens is 180 g/mol. The first-order valence-corrected chi connectivity index (χ1v) is 4.79. The molecule has 0 aromatic carbocycles. The zero-order valence-electron chi connectivity index (χ0n) is 8.49. The van der Waals surface area contributed by atoms with Gasteiger partial charge in [0.15, 0.2) is 0 Å². The summed E-state index contributed by atoms with van der Waals surface area (Å²) < 4.78 is 10.7. The maximum atomic E-state index is 5.56. The molecule has 1 aliphatic carbocycles. The molecular formula is C10H14N2O2. The Hall–Kier alpha value is -1.32. The lowest BCUT2D eigenvalue weighted by Gasteiger charge is -2.09. The summed E-state index contributed by atoms with van der Waals surface area (Å²) in [6, 6.07) is 0. The Morgan fingerprint density at radius 2 is 2.21 bits per heavy atom. The first-order chi connectivity index (χ1) is 6.81. The van der Waals surface area contributed by atoms with Crippen LogP contribution in [0, 0.1) is 12.8 Å². The molecule has 4 nitrogen and oxygen atoms in total. The number of rotatable bonds is 4. The standard InChI is InChI=1S/C10H14N2O2/c1-7-9(13-2)10(12-6-11-7)14-5-8-3-4-8/h6,8H,3-5H2,1-2H3. The van der Waals surface area contributed by atoms with Crippen LogP contribution in [-0.4, -0.2) is 23.7 Å². The molecule has 1 saturated carbocycles. The Morgan fingerprint density at radius 3 is 2.86 bits per heavy atom. The van der Waals surface area contributed by atoms with E-state index < -0.39 is 0 Å². The molecule has 1 fully saturated rings. The number of ether oxygens (including phenoxy) is 2. The first kappa shape index (κ1) is 9.24. The van der Waals surface area contributed by atoms with E-state index in [9.17, 15) is 0 Å². The number of methoxy groups -OCH3 is 1. The van der Waals surface area contributed by atoms with Gasteiger partial charge in [-0.1, -0.05) is 0 Å². The van der Waals surface area contributed by atoms with Gasteiger partial charge in [-0.25, -0.2) is 4.98 Å². The summed E-state index contributed by atoms with van der Waals surface area (Å²) in [6.45, 7) is 2.62. The molecule has 0 N–H and O–H groups in total. The lowest BCUT2D eigenvalue weighted by atomic mass is 10.4. The third-order valence-corrected chi connectivity index (χ3v) is 2.31. The van der Waals surface area contributed by atoms with Gasteiger partial charge in [0.05, 0.1) is 19.4 Å². The Bertz CT molecular complexity index is 324. The molecule has 1 aromatic heterocycles. The van der Waals surface area contributed by atoms with E-state index in [1.54, 1.807) is 7.11 Å². The molecule has 4 heteroatoms. The van der Waals surface area contributed by atoms with Crippen molar-refractivity contribution in [2.24, 2.45) is 5.92 Å². The average molecular weight is 194 g/mol. The first-order valence-electron chi connectivity index (χ1n) is 4.79. The SMILES string of the molecule is COc1c(C)ncnc1OCC1CC1. The van der Waals surface area contributed by atoms with Crippen molar-refractivity contribution < 1.29 is 9.47 Å². The maximum absolute atomic E-state index is 5.56. The van der Waals surface area contributed by atoms with Gasteiger partial charge in [0.25, 0.3) is 5.88 Å². The summed E-state index contributed by atoms with van der Waals surface area (Å²) in [6.07, 6.45) is 4.04. The van der Waals surface area contributed by atoms with Crippen LogP contribution in [0.1, 0.15) is 18.5 Å². The van der Waals surface area contributed by atoms with Crippen LogP contribution in [0.25, 0.3) is 0 Å². The van der Waals surface area contributed by atoms with Crippen LogP contribution < -0.4 is 9.47 Å². The second-order valence-electron chi connectivity index (χ2n) is 3.55. The molecule has 0 amide bonds. The van der Waals surface area contributed by atoms with Crippen LogP contribution in [0.5, 0.6) is 11.6 Å². The van der Waals surface area contributed by atoms with E-state index in [1.807, 2.05) is 6.92 Å². The van der Waals surface area contributed by atoms with Crippen LogP contribution in [0.4, 0.5) is 0 Å². The highest BCUT2D eigenvalue weighted by molar-refractivity contribution is 5.36. The van der Waals surface area contributed by atoms with Gasteiger partial charge in [0, 0.05) is 0 Å². The van der Waals surface area contributed by atoms with Gasteiger partial charge in [-0.05, 0) is 25.7 Å². The molecule has 2 rings (SSSR count). The Morgan fingerprint density at radius 1 is 1.43 bits per heavy atom. The average Bonchev–Trinajstić information content (AvgIpc) is 2.98. The topological polar surface area (TPSA) is 44.2 Å². The number of nitrogens with zero attached hydrogens (tertiary/aromatic N) is 2. The van der Waals surface area contributed by atoms with Crippen molar-refractivity contribution in [2.45, 2.75) is 19.8 Å². The minimum atomic E-state index is 0.562. The minimum absolute atomic E-state index is 0.562. The largest absolute Gasteiger partial charge is 0.490 e. The molecule has 0 bridgehead atoms. The molecule has 0 aliphatic heterocycles. The second kappa shape index (κ2) is 3.82. The smallest absolute Gasteiger partial charge is 0.260 e. The minimum Gasteiger partial charge on any atom is -0.490 e. The quantitative estimate of drug-likeness (QED) is 0.730. The van der Waals surface area contributed by atoms with Gasteiger partial charge in [0.2, 0.25) is 5.75 Å². The van der Waals surface area contributed by atoms with Crippen LogP contribution in [0.3, 0.4) is 0 Å². The highest BCUT2D eigenvalue weighted by Gasteiger charge is 2.23. The summed E-state index contributed by atoms with van der Waals surface area (Å²) in [4.78, 5) is 8.09. The highest BCUT2D eigenvalue weighted by Crippen LogP contribution is 2.32. The molecule has 0 saturated heterocycles. The normalized spacial score (nSPS) is 15.3. The molecule has 1 aliphatic rings. The Kier molecular flexibility index (Phi) is 2.52. The number of aryl methyl sites for hydroxylation is 1. The van der Waals surface area contributed by atoms with Crippen LogP contribution in [-0.2, 0) is 0 Å². The second-order valence-corrected chi connectivity index (χ2v) is 3.55. The van der Waals surface area contributed by atoms with E-state index in [0.717, 1.165) is 18.2 Å².